The van der Waals surface area contributed by atoms with E-state index in [2.05, 4.69) is 4.98 Å². The highest BCUT2D eigenvalue weighted by atomic mass is 32.2. The summed E-state index contributed by atoms with van der Waals surface area (Å²) in [5, 5.41) is 0. The van der Waals surface area contributed by atoms with Gasteiger partial charge in [0.25, 0.3) is 10.1 Å². The molecule has 1 heterocycles. The Hall–Kier alpha value is -1.72. The first kappa shape index (κ1) is 14.7. The molecule has 0 saturated carbocycles. The number of hydrogen-bond acceptors (Lipinski definition) is 4. The van der Waals surface area contributed by atoms with Gasteiger partial charge in [-0.3, -0.25) is 9.17 Å². The van der Waals surface area contributed by atoms with Gasteiger partial charge in [-0.05, 0) is 44.0 Å². The van der Waals surface area contributed by atoms with Crippen LogP contribution in [0.1, 0.15) is 17.7 Å². The van der Waals surface area contributed by atoms with Crippen molar-refractivity contribution in [2.24, 2.45) is 0 Å². The summed E-state index contributed by atoms with van der Waals surface area (Å²) in [6, 6.07) is 12.3. The molecule has 0 aliphatic heterocycles. The molecule has 106 valence electrons. The molecule has 0 fully saturated rings. The van der Waals surface area contributed by atoms with E-state index in [1.165, 1.54) is 0 Å². The Labute approximate surface area is 119 Å². The Morgan fingerprint density at radius 2 is 1.85 bits per heavy atom. The van der Waals surface area contributed by atoms with Gasteiger partial charge in [0.2, 0.25) is 0 Å². The molecule has 0 spiro atoms. The van der Waals surface area contributed by atoms with Crippen LogP contribution in [0.2, 0.25) is 0 Å². The van der Waals surface area contributed by atoms with Crippen LogP contribution < -0.4 is 0 Å². The van der Waals surface area contributed by atoms with Crippen LogP contribution in [0.5, 0.6) is 0 Å². The van der Waals surface area contributed by atoms with Crippen molar-refractivity contribution in [3.8, 4) is 0 Å². The number of pyridine rings is 1. The van der Waals surface area contributed by atoms with Crippen LogP contribution in [-0.4, -0.2) is 20.0 Å². The standard InChI is InChI=1S/C15H17NO3S/c1-13-7-9-15(10-8-13)20(17,18)19-12-4-6-14-5-2-3-11-16-14/h2-3,5,7-11H,4,6,12H2,1H3. The van der Waals surface area contributed by atoms with Crippen molar-refractivity contribution in [2.45, 2.75) is 24.7 Å². The zero-order valence-corrected chi connectivity index (χ0v) is 12.1. The molecule has 0 unspecified atom stereocenters. The van der Waals surface area contributed by atoms with E-state index in [-0.39, 0.29) is 11.5 Å². The van der Waals surface area contributed by atoms with Gasteiger partial charge in [0.05, 0.1) is 11.5 Å². The van der Waals surface area contributed by atoms with Gasteiger partial charge >= 0.3 is 0 Å². The molecule has 0 aliphatic carbocycles. The van der Waals surface area contributed by atoms with Gasteiger partial charge in [-0.1, -0.05) is 23.8 Å². The first-order chi connectivity index (χ1) is 9.58. The number of nitrogens with zero attached hydrogens (tertiary/aromatic N) is 1. The van der Waals surface area contributed by atoms with Gasteiger partial charge in [-0.2, -0.15) is 8.42 Å². The van der Waals surface area contributed by atoms with Crippen LogP contribution in [0, 0.1) is 6.92 Å². The van der Waals surface area contributed by atoms with E-state index in [0.29, 0.717) is 12.8 Å². The molecular formula is C15H17NO3S. The number of aromatic nitrogens is 1. The fraction of sp³-hybridized carbons (Fsp3) is 0.267. The highest BCUT2D eigenvalue weighted by Crippen LogP contribution is 2.13. The maximum atomic E-state index is 11.9. The Morgan fingerprint density at radius 1 is 1.10 bits per heavy atom. The highest BCUT2D eigenvalue weighted by molar-refractivity contribution is 7.86. The molecule has 1 aromatic carbocycles. The van der Waals surface area contributed by atoms with E-state index in [0.717, 1.165) is 11.3 Å². The van der Waals surface area contributed by atoms with Crippen LogP contribution >= 0.6 is 0 Å². The Bertz CT molecular complexity index is 637. The van der Waals surface area contributed by atoms with Crippen molar-refractivity contribution < 1.29 is 12.6 Å². The van der Waals surface area contributed by atoms with Gasteiger partial charge in [0.15, 0.2) is 0 Å². The number of rotatable bonds is 6. The second-order valence-corrected chi connectivity index (χ2v) is 6.13. The zero-order valence-electron chi connectivity index (χ0n) is 11.3. The average molecular weight is 291 g/mol. The van der Waals surface area contributed by atoms with Gasteiger partial charge in [0, 0.05) is 11.9 Å². The fourth-order valence-corrected chi connectivity index (χ4v) is 2.68. The normalized spacial score (nSPS) is 11.4. The van der Waals surface area contributed by atoms with Crippen molar-refractivity contribution in [1.29, 1.82) is 0 Å². The maximum absolute atomic E-state index is 11.9. The molecule has 0 aliphatic rings. The topological polar surface area (TPSA) is 56.3 Å². The van der Waals surface area contributed by atoms with Crippen LogP contribution in [0.15, 0.2) is 53.6 Å². The lowest BCUT2D eigenvalue weighted by molar-refractivity contribution is 0.312. The molecule has 20 heavy (non-hydrogen) atoms. The minimum absolute atomic E-state index is 0.160. The molecule has 2 aromatic rings. The number of aryl methyl sites for hydroxylation is 2. The first-order valence-corrected chi connectivity index (χ1v) is 7.85. The molecule has 0 bridgehead atoms. The van der Waals surface area contributed by atoms with Crippen LogP contribution in [-0.2, 0) is 20.7 Å². The molecule has 2 rings (SSSR count). The highest BCUT2D eigenvalue weighted by Gasteiger charge is 2.14. The SMILES string of the molecule is Cc1ccc(S(=O)(=O)OCCCc2ccccn2)cc1. The molecule has 1 aromatic heterocycles. The van der Waals surface area contributed by atoms with Gasteiger partial charge in [0.1, 0.15) is 0 Å². The number of benzene rings is 1. The van der Waals surface area contributed by atoms with Crippen molar-refractivity contribution in [3.05, 3.63) is 59.9 Å². The third kappa shape index (κ3) is 4.15. The van der Waals surface area contributed by atoms with Crippen molar-refractivity contribution in [1.82, 2.24) is 4.98 Å². The van der Waals surface area contributed by atoms with Gasteiger partial charge in [-0.15, -0.1) is 0 Å². The van der Waals surface area contributed by atoms with Crippen molar-refractivity contribution >= 4 is 10.1 Å². The summed E-state index contributed by atoms with van der Waals surface area (Å²) < 4.78 is 28.9. The Morgan fingerprint density at radius 3 is 2.50 bits per heavy atom. The van der Waals surface area contributed by atoms with Gasteiger partial charge in [-0.25, -0.2) is 0 Å². The summed E-state index contributed by atoms with van der Waals surface area (Å²) in [4.78, 5) is 4.37. The van der Waals surface area contributed by atoms with E-state index in [4.69, 9.17) is 4.18 Å². The minimum Gasteiger partial charge on any atom is -0.266 e. The molecule has 0 N–H and O–H groups in total. The summed E-state index contributed by atoms with van der Waals surface area (Å²) in [6.07, 6.45) is 3.03. The van der Waals surface area contributed by atoms with Crippen LogP contribution in [0.4, 0.5) is 0 Å². The second kappa shape index (κ2) is 6.63. The zero-order chi connectivity index (χ0) is 14.4. The third-order valence-electron chi connectivity index (χ3n) is 2.85. The monoisotopic (exact) mass is 291 g/mol. The van der Waals surface area contributed by atoms with E-state index < -0.39 is 10.1 Å². The molecule has 0 radical (unpaired) electrons. The summed E-state index contributed by atoms with van der Waals surface area (Å²) in [5.74, 6) is 0. The van der Waals surface area contributed by atoms with Crippen LogP contribution in [0.25, 0.3) is 0 Å². The fourth-order valence-electron chi connectivity index (χ4n) is 1.74. The second-order valence-electron chi connectivity index (χ2n) is 4.51. The first-order valence-electron chi connectivity index (χ1n) is 6.44. The quantitative estimate of drug-likeness (QED) is 0.606. The largest absolute Gasteiger partial charge is 0.296 e. The third-order valence-corrected chi connectivity index (χ3v) is 4.18. The van der Waals surface area contributed by atoms with Crippen molar-refractivity contribution in [3.63, 3.8) is 0 Å². The molecule has 0 saturated heterocycles. The Balaban J connectivity index is 1.85. The predicted molar refractivity (Wildman–Crippen MR) is 76.9 cm³/mol. The minimum atomic E-state index is -3.65. The molecule has 5 heteroatoms. The van der Waals surface area contributed by atoms with E-state index in [9.17, 15) is 8.42 Å². The average Bonchev–Trinajstić information content (AvgIpc) is 2.45. The van der Waals surface area contributed by atoms with Gasteiger partial charge < -0.3 is 0 Å². The van der Waals surface area contributed by atoms with Crippen molar-refractivity contribution in [2.75, 3.05) is 6.61 Å². The van der Waals surface area contributed by atoms with Crippen LogP contribution in [0.3, 0.4) is 0 Å². The Kier molecular flexibility index (Phi) is 4.87. The van der Waals surface area contributed by atoms with E-state index >= 15 is 0 Å². The molecule has 4 nitrogen and oxygen atoms in total. The summed E-state index contributed by atoms with van der Waals surface area (Å²) in [5.41, 5.74) is 1.95. The van der Waals surface area contributed by atoms with E-state index in [1.54, 1.807) is 30.5 Å². The molecule has 0 atom stereocenters. The summed E-state index contributed by atoms with van der Waals surface area (Å²) in [7, 11) is -3.65. The van der Waals surface area contributed by atoms with E-state index in [1.807, 2.05) is 25.1 Å². The lowest BCUT2D eigenvalue weighted by atomic mass is 10.2. The predicted octanol–water partition coefficient (Wildman–Crippen LogP) is 2.73. The number of hydrogen-bond donors (Lipinski definition) is 0. The maximum Gasteiger partial charge on any atom is 0.296 e. The lowest BCUT2D eigenvalue weighted by Gasteiger charge is -2.06. The smallest absolute Gasteiger partial charge is 0.266 e. The lowest BCUT2D eigenvalue weighted by Crippen LogP contribution is -2.08. The summed E-state index contributed by atoms with van der Waals surface area (Å²) in [6.45, 7) is 2.07. The summed E-state index contributed by atoms with van der Waals surface area (Å²) >= 11 is 0. The molecule has 0 amide bonds. The molecular weight excluding hydrogens is 274 g/mol.